The fourth-order valence-corrected chi connectivity index (χ4v) is 3.73. The van der Waals surface area contributed by atoms with E-state index >= 15 is 0 Å². The number of rotatable bonds is 4. The fourth-order valence-electron chi connectivity index (χ4n) is 3.33. The monoisotopic (exact) mass is 338 g/mol. The highest BCUT2D eigenvalue weighted by Crippen LogP contribution is 2.33. The van der Waals surface area contributed by atoms with Crippen molar-refractivity contribution >= 4 is 15.9 Å². The van der Waals surface area contributed by atoms with E-state index in [0.717, 1.165) is 32.8 Å². The molecule has 3 rings (SSSR count). The molecule has 0 spiro atoms. The molecule has 2 aliphatic rings. The van der Waals surface area contributed by atoms with Gasteiger partial charge in [0.05, 0.1) is 13.2 Å². The van der Waals surface area contributed by atoms with E-state index in [4.69, 9.17) is 4.74 Å². The second kappa shape index (κ2) is 6.56. The maximum absolute atomic E-state index is 5.41. The molecule has 4 heteroatoms. The molecular weight excluding hydrogens is 316 g/mol. The summed E-state index contributed by atoms with van der Waals surface area (Å²) in [5, 5.41) is 3.80. The Balaban J connectivity index is 1.56. The van der Waals surface area contributed by atoms with Crippen LogP contribution in [0.25, 0.3) is 0 Å². The number of nitrogens with one attached hydrogen (secondary N) is 1. The lowest BCUT2D eigenvalue weighted by Gasteiger charge is -2.30. The first kappa shape index (κ1) is 14.5. The van der Waals surface area contributed by atoms with Crippen LogP contribution in [-0.4, -0.2) is 43.8 Å². The van der Waals surface area contributed by atoms with Gasteiger partial charge in [0.2, 0.25) is 0 Å². The van der Waals surface area contributed by atoms with Crippen LogP contribution in [0.2, 0.25) is 0 Å². The van der Waals surface area contributed by atoms with Crippen LogP contribution in [0.4, 0.5) is 0 Å². The lowest BCUT2D eigenvalue weighted by Crippen LogP contribution is -2.45. The predicted octanol–water partition coefficient (Wildman–Crippen LogP) is 2.75. The second-order valence-electron chi connectivity index (χ2n) is 5.92. The molecule has 110 valence electrons. The van der Waals surface area contributed by atoms with Crippen molar-refractivity contribution in [3.63, 3.8) is 0 Å². The molecule has 2 unspecified atom stereocenters. The molecule has 1 aromatic rings. The van der Waals surface area contributed by atoms with Gasteiger partial charge in [-0.2, -0.15) is 0 Å². The summed E-state index contributed by atoms with van der Waals surface area (Å²) in [6, 6.07) is 7.74. The maximum Gasteiger partial charge on any atom is 0.0594 e. The number of aryl methyl sites for hydroxylation is 1. The summed E-state index contributed by atoms with van der Waals surface area (Å²) in [6.45, 7) is 7.32. The van der Waals surface area contributed by atoms with Crippen molar-refractivity contribution in [3.05, 3.63) is 33.8 Å². The lowest BCUT2D eigenvalue weighted by molar-refractivity contribution is 0.0338. The number of hydrogen-bond donors (Lipinski definition) is 1. The van der Waals surface area contributed by atoms with Crippen LogP contribution in [0.3, 0.4) is 0 Å². The maximum atomic E-state index is 5.41. The Labute approximate surface area is 129 Å². The zero-order chi connectivity index (χ0) is 13.9. The number of benzene rings is 1. The minimum absolute atomic E-state index is 0.521. The van der Waals surface area contributed by atoms with Crippen molar-refractivity contribution in [1.29, 1.82) is 0 Å². The van der Waals surface area contributed by atoms with Crippen LogP contribution in [0, 0.1) is 0 Å². The molecule has 1 aromatic carbocycles. The van der Waals surface area contributed by atoms with Crippen LogP contribution in [0.1, 0.15) is 30.5 Å². The van der Waals surface area contributed by atoms with Crippen LogP contribution >= 0.6 is 15.9 Å². The topological polar surface area (TPSA) is 24.5 Å². The van der Waals surface area contributed by atoms with Crippen molar-refractivity contribution < 1.29 is 4.74 Å². The van der Waals surface area contributed by atoms with E-state index in [2.05, 4.69) is 51.3 Å². The summed E-state index contributed by atoms with van der Waals surface area (Å²) in [5.74, 6) is 0. The number of hydrogen-bond acceptors (Lipinski definition) is 3. The fraction of sp³-hybridized carbons (Fsp3) is 0.625. The van der Waals surface area contributed by atoms with Gasteiger partial charge in [0.25, 0.3) is 0 Å². The number of halogens is 1. The SMILES string of the molecule is CC(CN1CCOCC1)NC1CCc2cc(Br)ccc21. The highest BCUT2D eigenvalue weighted by atomic mass is 79.9. The van der Waals surface area contributed by atoms with E-state index in [0.29, 0.717) is 12.1 Å². The standard InChI is InChI=1S/C16H23BrN2O/c1-12(11-19-6-8-20-9-7-19)18-16-5-2-13-10-14(17)3-4-15(13)16/h3-4,10,12,16,18H,2,5-9,11H2,1H3. The molecule has 0 amide bonds. The average Bonchev–Trinajstić information content (AvgIpc) is 2.82. The summed E-state index contributed by atoms with van der Waals surface area (Å²) in [7, 11) is 0. The van der Waals surface area contributed by atoms with E-state index in [1.807, 2.05) is 0 Å². The Morgan fingerprint density at radius 2 is 2.20 bits per heavy atom. The van der Waals surface area contributed by atoms with E-state index in [-0.39, 0.29) is 0 Å². The summed E-state index contributed by atoms with van der Waals surface area (Å²) in [4.78, 5) is 2.50. The lowest BCUT2D eigenvalue weighted by atomic mass is 10.1. The number of ether oxygens (including phenoxy) is 1. The van der Waals surface area contributed by atoms with Crippen molar-refractivity contribution in [2.24, 2.45) is 0 Å². The zero-order valence-corrected chi connectivity index (χ0v) is 13.7. The van der Waals surface area contributed by atoms with E-state index in [1.54, 1.807) is 0 Å². The smallest absolute Gasteiger partial charge is 0.0594 e. The molecule has 1 heterocycles. The van der Waals surface area contributed by atoms with Gasteiger partial charge in [-0.05, 0) is 43.0 Å². The summed E-state index contributed by atoms with van der Waals surface area (Å²) in [5.41, 5.74) is 2.98. The first-order valence-electron chi connectivity index (χ1n) is 7.57. The van der Waals surface area contributed by atoms with Gasteiger partial charge in [0, 0.05) is 36.2 Å². The largest absolute Gasteiger partial charge is 0.379 e. The minimum atomic E-state index is 0.521. The third-order valence-electron chi connectivity index (χ3n) is 4.30. The van der Waals surface area contributed by atoms with Gasteiger partial charge in [-0.3, -0.25) is 4.90 Å². The van der Waals surface area contributed by atoms with Crippen LogP contribution in [-0.2, 0) is 11.2 Å². The molecule has 0 radical (unpaired) electrons. The van der Waals surface area contributed by atoms with Gasteiger partial charge in [0.15, 0.2) is 0 Å². The van der Waals surface area contributed by atoms with Crippen LogP contribution < -0.4 is 5.32 Å². The zero-order valence-electron chi connectivity index (χ0n) is 12.1. The molecule has 1 fully saturated rings. The highest BCUT2D eigenvalue weighted by molar-refractivity contribution is 9.10. The second-order valence-corrected chi connectivity index (χ2v) is 6.83. The molecule has 0 bridgehead atoms. The normalized spacial score (nSPS) is 24.6. The third-order valence-corrected chi connectivity index (χ3v) is 4.80. The quantitative estimate of drug-likeness (QED) is 0.913. The molecule has 0 aromatic heterocycles. The van der Waals surface area contributed by atoms with Crippen molar-refractivity contribution in [2.45, 2.75) is 31.8 Å². The first-order chi connectivity index (χ1) is 9.72. The summed E-state index contributed by atoms with van der Waals surface area (Å²) >= 11 is 3.56. The Morgan fingerprint density at radius 1 is 1.40 bits per heavy atom. The molecular formula is C16H23BrN2O. The van der Waals surface area contributed by atoms with Crippen molar-refractivity contribution in [1.82, 2.24) is 10.2 Å². The summed E-state index contributed by atoms with van der Waals surface area (Å²) < 4.78 is 6.60. The van der Waals surface area contributed by atoms with Crippen molar-refractivity contribution in [3.8, 4) is 0 Å². The molecule has 1 aliphatic heterocycles. The molecule has 1 aliphatic carbocycles. The van der Waals surface area contributed by atoms with Crippen LogP contribution in [0.5, 0.6) is 0 Å². The van der Waals surface area contributed by atoms with E-state index < -0.39 is 0 Å². The van der Waals surface area contributed by atoms with Crippen molar-refractivity contribution in [2.75, 3.05) is 32.8 Å². The number of morpholine rings is 1. The van der Waals surface area contributed by atoms with E-state index in [9.17, 15) is 0 Å². The number of fused-ring (bicyclic) bond motifs is 1. The Morgan fingerprint density at radius 3 is 3.00 bits per heavy atom. The molecule has 2 atom stereocenters. The molecule has 20 heavy (non-hydrogen) atoms. The predicted molar refractivity (Wildman–Crippen MR) is 85.1 cm³/mol. The van der Waals surface area contributed by atoms with Crippen LogP contribution in [0.15, 0.2) is 22.7 Å². The van der Waals surface area contributed by atoms with Gasteiger partial charge in [0.1, 0.15) is 0 Å². The van der Waals surface area contributed by atoms with Gasteiger partial charge in [-0.25, -0.2) is 0 Å². The van der Waals surface area contributed by atoms with Gasteiger partial charge < -0.3 is 10.1 Å². The molecule has 1 saturated heterocycles. The third kappa shape index (κ3) is 3.42. The average molecular weight is 339 g/mol. The minimum Gasteiger partial charge on any atom is -0.379 e. The molecule has 3 nitrogen and oxygen atoms in total. The Bertz CT molecular complexity index is 460. The van der Waals surface area contributed by atoms with Gasteiger partial charge in [-0.1, -0.05) is 22.0 Å². The first-order valence-corrected chi connectivity index (χ1v) is 8.36. The Kier molecular flexibility index (Phi) is 4.76. The van der Waals surface area contributed by atoms with Gasteiger partial charge >= 0.3 is 0 Å². The van der Waals surface area contributed by atoms with E-state index in [1.165, 1.54) is 28.4 Å². The van der Waals surface area contributed by atoms with Gasteiger partial charge in [-0.15, -0.1) is 0 Å². The number of nitrogens with zero attached hydrogens (tertiary/aromatic N) is 1. The Hall–Kier alpha value is -0.420. The molecule has 0 saturated carbocycles. The highest BCUT2D eigenvalue weighted by Gasteiger charge is 2.24. The molecule has 1 N–H and O–H groups in total. The summed E-state index contributed by atoms with van der Waals surface area (Å²) in [6.07, 6.45) is 2.41.